The van der Waals surface area contributed by atoms with E-state index in [-0.39, 0.29) is 23.9 Å². The van der Waals surface area contributed by atoms with Crippen LogP contribution in [-0.4, -0.2) is 12.7 Å². The summed E-state index contributed by atoms with van der Waals surface area (Å²) in [6.07, 6.45) is 3.46. The van der Waals surface area contributed by atoms with Gasteiger partial charge in [0.15, 0.2) is 0 Å². The molecule has 112 valence electrons. The van der Waals surface area contributed by atoms with Gasteiger partial charge in [-0.15, -0.1) is 0 Å². The first-order valence-corrected chi connectivity index (χ1v) is 7.27. The van der Waals surface area contributed by atoms with Gasteiger partial charge in [-0.2, -0.15) is 8.78 Å². The van der Waals surface area contributed by atoms with Gasteiger partial charge in [0.25, 0.3) is 0 Å². The summed E-state index contributed by atoms with van der Waals surface area (Å²) in [5.74, 6) is 0.488. The second-order valence-corrected chi connectivity index (χ2v) is 5.42. The summed E-state index contributed by atoms with van der Waals surface area (Å²) in [5.41, 5.74) is 2.15. The molecule has 2 nitrogen and oxygen atoms in total. The first-order valence-electron chi connectivity index (χ1n) is 7.27. The number of ether oxygens (including phenoxy) is 2. The van der Waals surface area contributed by atoms with Crippen LogP contribution in [0.2, 0.25) is 0 Å². The molecule has 0 spiro atoms. The molecule has 0 radical (unpaired) electrons. The minimum absolute atomic E-state index is 0.0794. The molecule has 0 amide bonds. The molecule has 1 heterocycles. The third-order valence-corrected chi connectivity index (χ3v) is 3.99. The van der Waals surface area contributed by atoms with E-state index in [4.69, 9.17) is 4.74 Å². The maximum Gasteiger partial charge on any atom is 0.387 e. The Hall–Kier alpha value is -1.16. The van der Waals surface area contributed by atoms with Crippen molar-refractivity contribution in [1.82, 2.24) is 0 Å². The van der Waals surface area contributed by atoms with E-state index in [1.54, 1.807) is 12.1 Å². The molecule has 1 aromatic carbocycles. The van der Waals surface area contributed by atoms with Crippen LogP contribution >= 0.6 is 0 Å². The minimum atomic E-state index is -2.79. The van der Waals surface area contributed by atoms with E-state index in [1.165, 1.54) is 5.56 Å². The lowest BCUT2D eigenvalue weighted by molar-refractivity contribution is -0.0515. The van der Waals surface area contributed by atoms with Crippen LogP contribution in [0.25, 0.3) is 0 Å². The zero-order chi connectivity index (χ0) is 14.7. The molecule has 1 aromatic rings. The molecule has 1 aliphatic heterocycles. The Bertz CT molecular complexity index is 448. The molecule has 0 N–H and O–H groups in total. The summed E-state index contributed by atoms with van der Waals surface area (Å²) < 4.78 is 35.1. The second kappa shape index (κ2) is 6.53. The van der Waals surface area contributed by atoms with Crippen LogP contribution in [0.5, 0.6) is 5.75 Å². The predicted molar refractivity (Wildman–Crippen MR) is 74.3 cm³/mol. The van der Waals surface area contributed by atoms with E-state index in [1.807, 2.05) is 13.0 Å². The molecule has 0 saturated carbocycles. The van der Waals surface area contributed by atoms with E-state index >= 15 is 0 Å². The van der Waals surface area contributed by atoms with Crippen LogP contribution in [-0.2, 0) is 4.74 Å². The summed E-state index contributed by atoms with van der Waals surface area (Å²) in [5, 5.41) is 0. The molecule has 4 heteroatoms. The Morgan fingerprint density at radius 3 is 2.65 bits per heavy atom. The number of benzene rings is 1. The highest BCUT2D eigenvalue weighted by Crippen LogP contribution is 2.40. The molecule has 0 aromatic heterocycles. The van der Waals surface area contributed by atoms with Crippen molar-refractivity contribution in [3.8, 4) is 5.75 Å². The quantitative estimate of drug-likeness (QED) is 0.754. The molecule has 20 heavy (non-hydrogen) atoms. The van der Waals surface area contributed by atoms with Crippen LogP contribution in [0, 0.1) is 0 Å². The van der Waals surface area contributed by atoms with Crippen LogP contribution in [0.4, 0.5) is 8.78 Å². The molecular weight excluding hydrogens is 262 g/mol. The third kappa shape index (κ3) is 3.29. The van der Waals surface area contributed by atoms with E-state index in [0.29, 0.717) is 0 Å². The third-order valence-electron chi connectivity index (χ3n) is 3.99. The molecule has 0 fully saturated rings. The van der Waals surface area contributed by atoms with Gasteiger partial charge in [0.05, 0.1) is 12.2 Å². The van der Waals surface area contributed by atoms with Crippen molar-refractivity contribution in [3.63, 3.8) is 0 Å². The highest BCUT2D eigenvalue weighted by molar-refractivity contribution is 5.40. The Labute approximate surface area is 119 Å². The SMILES string of the molecule is CCCC[C@H]1O[C@@H](C)c2cc(OC(F)F)ccc2[C@H]1C. The molecule has 1 aliphatic rings. The lowest BCUT2D eigenvalue weighted by atomic mass is 9.84. The molecule has 2 rings (SSSR count). The van der Waals surface area contributed by atoms with Crippen LogP contribution in [0.15, 0.2) is 18.2 Å². The lowest BCUT2D eigenvalue weighted by Gasteiger charge is -2.36. The second-order valence-electron chi connectivity index (χ2n) is 5.42. The minimum Gasteiger partial charge on any atom is -0.435 e. The first kappa shape index (κ1) is 15.2. The summed E-state index contributed by atoms with van der Waals surface area (Å²) in [7, 11) is 0. The summed E-state index contributed by atoms with van der Waals surface area (Å²) in [6.45, 7) is 3.48. The first-order chi connectivity index (χ1) is 9.52. The van der Waals surface area contributed by atoms with Gasteiger partial charge in [-0.05, 0) is 36.6 Å². The number of unbranched alkanes of at least 4 members (excludes halogenated alkanes) is 1. The van der Waals surface area contributed by atoms with Crippen molar-refractivity contribution in [3.05, 3.63) is 29.3 Å². The van der Waals surface area contributed by atoms with Gasteiger partial charge in [-0.3, -0.25) is 0 Å². The van der Waals surface area contributed by atoms with Crippen LogP contribution in [0.1, 0.15) is 63.2 Å². The van der Waals surface area contributed by atoms with Crippen LogP contribution < -0.4 is 4.74 Å². The van der Waals surface area contributed by atoms with Gasteiger partial charge in [0.1, 0.15) is 5.75 Å². The summed E-state index contributed by atoms with van der Waals surface area (Å²) in [4.78, 5) is 0. The molecule has 3 atom stereocenters. The van der Waals surface area contributed by atoms with Gasteiger partial charge in [-0.25, -0.2) is 0 Å². The molecule has 0 aliphatic carbocycles. The Balaban J connectivity index is 2.21. The molecule has 0 saturated heterocycles. The standard InChI is InChI=1S/C16H22F2O2/c1-4-5-6-15-10(2)13-8-7-12(20-16(17)18)9-14(13)11(3)19-15/h7-11,15-16H,4-6H2,1-3H3/t10-,11+,15-/m1/s1. The van der Waals surface area contributed by atoms with Crippen molar-refractivity contribution < 1.29 is 18.3 Å². The van der Waals surface area contributed by atoms with Gasteiger partial charge in [0.2, 0.25) is 0 Å². The smallest absolute Gasteiger partial charge is 0.387 e. The highest BCUT2D eigenvalue weighted by atomic mass is 19.3. The van der Waals surface area contributed by atoms with Crippen LogP contribution in [0.3, 0.4) is 0 Å². The van der Waals surface area contributed by atoms with Crippen molar-refractivity contribution in [2.75, 3.05) is 0 Å². The Morgan fingerprint density at radius 2 is 2.00 bits per heavy atom. The zero-order valence-electron chi connectivity index (χ0n) is 12.2. The number of halogens is 2. The summed E-state index contributed by atoms with van der Waals surface area (Å²) in [6, 6.07) is 5.20. The van der Waals surface area contributed by atoms with E-state index in [2.05, 4.69) is 18.6 Å². The number of alkyl halides is 2. The fraction of sp³-hybridized carbons (Fsp3) is 0.625. The highest BCUT2D eigenvalue weighted by Gasteiger charge is 2.31. The Kier molecular flexibility index (Phi) is 4.97. The molecular formula is C16H22F2O2. The number of hydrogen-bond acceptors (Lipinski definition) is 2. The van der Waals surface area contributed by atoms with Gasteiger partial charge in [0, 0.05) is 5.92 Å². The van der Waals surface area contributed by atoms with E-state index in [9.17, 15) is 8.78 Å². The van der Waals surface area contributed by atoms with Crippen molar-refractivity contribution in [2.24, 2.45) is 0 Å². The fourth-order valence-corrected chi connectivity index (χ4v) is 2.87. The van der Waals surface area contributed by atoms with E-state index in [0.717, 1.165) is 24.8 Å². The van der Waals surface area contributed by atoms with E-state index < -0.39 is 6.61 Å². The average molecular weight is 284 g/mol. The average Bonchev–Trinajstić information content (AvgIpc) is 2.40. The predicted octanol–water partition coefficient (Wildman–Crippen LogP) is 5.04. The maximum absolute atomic E-state index is 12.3. The number of rotatable bonds is 5. The maximum atomic E-state index is 12.3. The number of hydrogen-bond donors (Lipinski definition) is 0. The summed E-state index contributed by atoms with van der Waals surface area (Å²) >= 11 is 0. The number of fused-ring (bicyclic) bond motifs is 1. The van der Waals surface area contributed by atoms with Crippen molar-refractivity contribution in [2.45, 2.75) is 64.8 Å². The lowest BCUT2D eigenvalue weighted by Crippen LogP contribution is -2.28. The zero-order valence-corrected chi connectivity index (χ0v) is 12.2. The van der Waals surface area contributed by atoms with Crippen molar-refractivity contribution >= 4 is 0 Å². The molecule has 0 unspecified atom stereocenters. The monoisotopic (exact) mass is 284 g/mol. The van der Waals surface area contributed by atoms with Gasteiger partial charge in [-0.1, -0.05) is 32.8 Å². The van der Waals surface area contributed by atoms with Gasteiger partial charge < -0.3 is 9.47 Å². The largest absolute Gasteiger partial charge is 0.435 e. The van der Waals surface area contributed by atoms with Gasteiger partial charge >= 0.3 is 6.61 Å². The fourth-order valence-electron chi connectivity index (χ4n) is 2.87. The molecule has 0 bridgehead atoms. The Morgan fingerprint density at radius 1 is 1.25 bits per heavy atom. The normalized spacial score (nSPS) is 25.6. The van der Waals surface area contributed by atoms with Crippen molar-refractivity contribution in [1.29, 1.82) is 0 Å². The topological polar surface area (TPSA) is 18.5 Å².